The normalized spacial score (nSPS) is 8.83. The van der Waals surface area contributed by atoms with Crippen LogP contribution in [0.4, 0.5) is 0 Å². The van der Waals surface area contributed by atoms with Gasteiger partial charge in [-0.15, -0.1) is 17.0 Å². The average molecular weight is 232 g/mol. The Labute approximate surface area is 83.5 Å². The highest BCUT2D eigenvalue weighted by Crippen LogP contribution is 2.16. The van der Waals surface area contributed by atoms with Crippen molar-refractivity contribution in [3.8, 4) is 5.75 Å². The van der Waals surface area contributed by atoms with Crippen molar-refractivity contribution in [3.05, 3.63) is 29.8 Å². The van der Waals surface area contributed by atoms with E-state index in [2.05, 4.69) is 0 Å². The first-order chi connectivity index (χ1) is 5.38. The third-order valence-electron chi connectivity index (χ3n) is 1.49. The number of rotatable bonds is 3. The molecule has 0 aromatic heterocycles. The number of nitrogens with two attached hydrogens (primary N) is 1. The molecule has 0 saturated heterocycles. The summed E-state index contributed by atoms with van der Waals surface area (Å²) in [6, 6.07) is 7.82. The Morgan fingerprint density at radius 1 is 1.33 bits per heavy atom. The molecule has 0 aliphatic heterocycles. The van der Waals surface area contributed by atoms with Crippen molar-refractivity contribution >= 4 is 17.0 Å². The van der Waals surface area contributed by atoms with Crippen LogP contribution in [0.2, 0.25) is 0 Å². The molecule has 0 aliphatic rings. The van der Waals surface area contributed by atoms with Crippen molar-refractivity contribution in [2.75, 3.05) is 6.61 Å². The largest absolute Gasteiger partial charge is 0.494 e. The fourth-order valence-electron chi connectivity index (χ4n) is 0.969. The van der Waals surface area contributed by atoms with Crippen LogP contribution in [-0.2, 0) is 6.54 Å². The minimum Gasteiger partial charge on any atom is -0.494 e. The molecule has 0 unspecified atom stereocenters. The summed E-state index contributed by atoms with van der Waals surface area (Å²) in [7, 11) is 0. The lowest BCUT2D eigenvalue weighted by Crippen LogP contribution is -2.01. The van der Waals surface area contributed by atoms with Crippen LogP contribution in [0.1, 0.15) is 12.5 Å². The second kappa shape index (κ2) is 6.03. The van der Waals surface area contributed by atoms with Crippen molar-refractivity contribution in [1.82, 2.24) is 0 Å². The predicted octanol–water partition coefficient (Wildman–Crippen LogP) is 2.12. The van der Waals surface area contributed by atoms with Gasteiger partial charge in [-0.1, -0.05) is 18.2 Å². The molecule has 12 heavy (non-hydrogen) atoms. The molecule has 2 nitrogen and oxygen atoms in total. The second-order valence-corrected chi connectivity index (χ2v) is 2.24. The zero-order valence-electron chi connectivity index (χ0n) is 7.12. The highest BCUT2D eigenvalue weighted by Gasteiger charge is 1.97. The van der Waals surface area contributed by atoms with Gasteiger partial charge in [-0.05, 0) is 13.0 Å². The van der Waals surface area contributed by atoms with Crippen LogP contribution < -0.4 is 10.5 Å². The van der Waals surface area contributed by atoms with E-state index in [0.717, 1.165) is 11.3 Å². The zero-order valence-corrected chi connectivity index (χ0v) is 8.83. The molecule has 0 amide bonds. The number of benzene rings is 1. The Kier molecular flexibility index (Phi) is 5.76. The maximum Gasteiger partial charge on any atom is 0.123 e. The fraction of sp³-hybridized carbons (Fsp3) is 0.333. The van der Waals surface area contributed by atoms with Gasteiger partial charge in [0.15, 0.2) is 0 Å². The van der Waals surface area contributed by atoms with Gasteiger partial charge < -0.3 is 10.5 Å². The number of ether oxygens (including phenoxy) is 1. The molecular weight excluding hydrogens is 218 g/mol. The first kappa shape index (κ1) is 11.5. The molecule has 0 atom stereocenters. The molecule has 0 saturated carbocycles. The minimum absolute atomic E-state index is 0. The number of para-hydroxylation sites is 1. The van der Waals surface area contributed by atoms with Gasteiger partial charge in [-0.3, -0.25) is 0 Å². The van der Waals surface area contributed by atoms with E-state index in [9.17, 15) is 0 Å². The third-order valence-corrected chi connectivity index (χ3v) is 1.49. The van der Waals surface area contributed by atoms with E-state index in [1.165, 1.54) is 0 Å². The molecule has 0 bridgehead atoms. The summed E-state index contributed by atoms with van der Waals surface area (Å²) in [6.07, 6.45) is 0. The van der Waals surface area contributed by atoms with Gasteiger partial charge in [0.1, 0.15) is 5.75 Å². The molecule has 0 radical (unpaired) electrons. The highest BCUT2D eigenvalue weighted by atomic mass is 79.9. The lowest BCUT2D eigenvalue weighted by molar-refractivity contribution is 0.336. The Hall–Kier alpha value is -0.540. The van der Waals surface area contributed by atoms with Crippen molar-refractivity contribution in [3.63, 3.8) is 0 Å². The Bertz CT molecular complexity index is 228. The molecule has 0 aliphatic carbocycles. The summed E-state index contributed by atoms with van der Waals surface area (Å²) in [6.45, 7) is 3.19. The molecule has 0 spiro atoms. The summed E-state index contributed by atoms with van der Waals surface area (Å²) in [5.74, 6) is 0.900. The van der Waals surface area contributed by atoms with Crippen LogP contribution in [0.3, 0.4) is 0 Å². The lowest BCUT2D eigenvalue weighted by atomic mass is 10.2. The summed E-state index contributed by atoms with van der Waals surface area (Å²) >= 11 is 0. The summed E-state index contributed by atoms with van der Waals surface area (Å²) < 4.78 is 5.35. The average Bonchev–Trinajstić information content (AvgIpc) is 2.06. The minimum atomic E-state index is 0. The maximum absolute atomic E-state index is 5.50. The third kappa shape index (κ3) is 2.83. The predicted molar refractivity (Wildman–Crippen MR) is 55.8 cm³/mol. The van der Waals surface area contributed by atoms with E-state index >= 15 is 0 Å². The van der Waals surface area contributed by atoms with Crippen molar-refractivity contribution in [1.29, 1.82) is 0 Å². The van der Waals surface area contributed by atoms with Crippen LogP contribution >= 0.6 is 17.0 Å². The van der Waals surface area contributed by atoms with Crippen LogP contribution in [0.25, 0.3) is 0 Å². The zero-order chi connectivity index (χ0) is 8.10. The van der Waals surface area contributed by atoms with E-state index in [4.69, 9.17) is 10.5 Å². The van der Waals surface area contributed by atoms with Gasteiger partial charge in [-0.2, -0.15) is 0 Å². The van der Waals surface area contributed by atoms with E-state index in [1.807, 2.05) is 31.2 Å². The Morgan fingerprint density at radius 3 is 2.58 bits per heavy atom. The Morgan fingerprint density at radius 2 is 2.00 bits per heavy atom. The molecule has 1 aromatic carbocycles. The molecule has 0 fully saturated rings. The lowest BCUT2D eigenvalue weighted by Gasteiger charge is -2.06. The molecule has 1 aromatic rings. The topological polar surface area (TPSA) is 35.2 Å². The quantitative estimate of drug-likeness (QED) is 0.866. The smallest absolute Gasteiger partial charge is 0.123 e. The van der Waals surface area contributed by atoms with E-state index in [1.54, 1.807) is 0 Å². The standard InChI is InChI=1S/C9H13NO.BrH/c1-2-11-9-6-4-3-5-8(9)7-10;/h3-6H,2,7,10H2,1H3;1H. The first-order valence-electron chi connectivity index (χ1n) is 3.79. The van der Waals surface area contributed by atoms with Gasteiger partial charge in [0.25, 0.3) is 0 Å². The van der Waals surface area contributed by atoms with Crippen molar-refractivity contribution < 1.29 is 4.74 Å². The summed E-state index contributed by atoms with van der Waals surface area (Å²) in [5.41, 5.74) is 6.57. The summed E-state index contributed by atoms with van der Waals surface area (Å²) in [4.78, 5) is 0. The van der Waals surface area contributed by atoms with Crippen molar-refractivity contribution in [2.45, 2.75) is 13.5 Å². The monoisotopic (exact) mass is 231 g/mol. The number of hydrogen-bond donors (Lipinski definition) is 1. The number of halogens is 1. The highest BCUT2D eigenvalue weighted by molar-refractivity contribution is 8.93. The van der Waals surface area contributed by atoms with E-state index in [-0.39, 0.29) is 17.0 Å². The van der Waals surface area contributed by atoms with E-state index in [0.29, 0.717) is 13.2 Å². The van der Waals surface area contributed by atoms with Crippen molar-refractivity contribution in [2.24, 2.45) is 5.73 Å². The summed E-state index contributed by atoms with van der Waals surface area (Å²) in [5, 5.41) is 0. The first-order valence-corrected chi connectivity index (χ1v) is 3.79. The van der Waals surface area contributed by atoms with E-state index < -0.39 is 0 Å². The molecule has 68 valence electrons. The van der Waals surface area contributed by atoms with Gasteiger partial charge in [-0.25, -0.2) is 0 Å². The van der Waals surface area contributed by atoms with Crippen LogP contribution in [0, 0.1) is 0 Å². The fourth-order valence-corrected chi connectivity index (χ4v) is 0.969. The van der Waals surface area contributed by atoms with Crippen LogP contribution in [-0.4, -0.2) is 6.61 Å². The van der Waals surface area contributed by atoms with Crippen LogP contribution in [0.5, 0.6) is 5.75 Å². The second-order valence-electron chi connectivity index (χ2n) is 2.24. The molecular formula is C9H14BrNO. The van der Waals surface area contributed by atoms with Crippen LogP contribution in [0.15, 0.2) is 24.3 Å². The van der Waals surface area contributed by atoms with Gasteiger partial charge in [0.05, 0.1) is 6.61 Å². The molecule has 2 N–H and O–H groups in total. The number of hydrogen-bond acceptors (Lipinski definition) is 2. The maximum atomic E-state index is 5.50. The SMILES string of the molecule is Br.CCOc1ccccc1CN. The van der Waals surface area contributed by atoms with Gasteiger partial charge >= 0.3 is 0 Å². The molecule has 0 heterocycles. The molecule has 3 heteroatoms. The molecule has 1 rings (SSSR count). The van der Waals surface area contributed by atoms with Gasteiger partial charge in [0.2, 0.25) is 0 Å². The Balaban J connectivity index is 0.00000121. The van der Waals surface area contributed by atoms with Gasteiger partial charge in [0, 0.05) is 12.1 Å².